The van der Waals surface area contributed by atoms with E-state index < -0.39 is 0 Å². The predicted octanol–water partition coefficient (Wildman–Crippen LogP) is 8.32. The number of aromatic nitrogens is 1. The molecule has 1 aromatic heterocycles. The molecular formula is C36H34N2O2. The molecule has 4 nitrogen and oxygen atoms in total. The number of rotatable bonds is 8. The van der Waals surface area contributed by atoms with Crippen molar-refractivity contribution in [2.45, 2.75) is 58.9 Å². The first-order valence-electron chi connectivity index (χ1n) is 14.6. The Kier molecular flexibility index (Phi) is 7.13. The van der Waals surface area contributed by atoms with Crippen molar-refractivity contribution >= 4 is 44.4 Å². The molecule has 0 N–H and O–H groups in total. The third-order valence-electron chi connectivity index (χ3n) is 8.08. The van der Waals surface area contributed by atoms with Crippen LogP contribution in [0.2, 0.25) is 0 Å². The summed E-state index contributed by atoms with van der Waals surface area (Å²) in [4.78, 5) is 27.8. The summed E-state index contributed by atoms with van der Waals surface area (Å²) in [6, 6.07) is 24.5. The molecule has 2 heterocycles. The largest absolute Gasteiger partial charge is 0.340 e. The Morgan fingerprint density at radius 1 is 0.625 bits per heavy atom. The number of carbonyl (C=O) groups excluding carboxylic acids is 2. The lowest BCUT2D eigenvalue weighted by molar-refractivity contribution is 0.0608. The minimum atomic E-state index is -0.210. The van der Waals surface area contributed by atoms with Gasteiger partial charge in [-0.25, -0.2) is 0 Å². The second-order valence-electron chi connectivity index (χ2n) is 10.7. The average molecular weight is 527 g/mol. The van der Waals surface area contributed by atoms with Gasteiger partial charge < -0.3 is 4.57 Å². The zero-order valence-electron chi connectivity index (χ0n) is 23.3. The lowest BCUT2D eigenvalue weighted by Crippen LogP contribution is -2.40. The molecule has 0 aliphatic carbocycles. The Morgan fingerprint density at radius 2 is 1.38 bits per heavy atom. The summed E-state index contributed by atoms with van der Waals surface area (Å²) in [5.74, 6) is 6.31. The van der Waals surface area contributed by atoms with E-state index in [-0.39, 0.29) is 11.8 Å². The van der Waals surface area contributed by atoms with Gasteiger partial charge in [-0.2, -0.15) is 0 Å². The van der Waals surface area contributed by atoms with Crippen LogP contribution < -0.4 is 0 Å². The molecule has 200 valence electrons. The number of amides is 2. The first-order chi connectivity index (χ1) is 19.6. The highest BCUT2D eigenvalue weighted by Gasteiger charge is 2.32. The summed E-state index contributed by atoms with van der Waals surface area (Å²) in [7, 11) is 0. The van der Waals surface area contributed by atoms with E-state index in [4.69, 9.17) is 0 Å². The van der Waals surface area contributed by atoms with Crippen molar-refractivity contribution in [2.75, 3.05) is 6.54 Å². The van der Waals surface area contributed by atoms with E-state index in [0.717, 1.165) is 41.3 Å². The number of imide groups is 1. The van der Waals surface area contributed by atoms with Crippen LogP contribution in [-0.4, -0.2) is 27.8 Å². The predicted molar refractivity (Wildman–Crippen MR) is 164 cm³/mol. The number of para-hydroxylation sites is 1. The Hall–Kier alpha value is -4.36. The standard InChI is InChI=1S/C36H34N2O2/c1-3-5-7-10-23-37-32-15-9-8-12-28(32)31-24-25(17-21-33(31)37)16-18-26-19-20-30-34-27(26)13-11-14-29(34)35(39)38(36(30)40)22-6-4-2/h8-9,11-15,17,19-21,24H,3-7,10,22-23H2,1-2H3. The minimum absolute atomic E-state index is 0.210. The molecule has 5 aromatic rings. The minimum Gasteiger partial charge on any atom is -0.340 e. The van der Waals surface area contributed by atoms with Gasteiger partial charge in [0.25, 0.3) is 11.8 Å². The van der Waals surface area contributed by atoms with Gasteiger partial charge in [-0.05, 0) is 60.7 Å². The number of benzene rings is 4. The Morgan fingerprint density at radius 3 is 2.20 bits per heavy atom. The highest BCUT2D eigenvalue weighted by atomic mass is 16.2. The SMILES string of the molecule is CCCCCCn1c2ccccc2c2cc(C#Cc3ccc4c5c(cccc35)C(=O)N(CCCC)C4=O)ccc21. The van der Waals surface area contributed by atoms with Crippen molar-refractivity contribution in [1.82, 2.24) is 9.47 Å². The van der Waals surface area contributed by atoms with Crippen LogP contribution in [0.15, 0.2) is 72.8 Å². The fourth-order valence-electron chi connectivity index (χ4n) is 5.98. The normalized spacial score (nSPS) is 12.9. The van der Waals surface area contributed by atoms with Gasteiger partial charge in [-0.3, -0.25) is 14.5 Å². The van der Waals surface area contributed by atoms with Crippen LogP contribution in [0, 0.1) is 11.8 Å². The van der Waals surface area contributed by atoms with Crippen LogP contribution in [0.1, 0.15) is 84.2 Å². The zero-order chi connectivity index (χ0) is 27.6. The van der Waals surface area contributed by atoms with E-state index in [1.807, 2.05) is 30.3 Å². The second kappa shape index (κ2) is 11.0. The molecule has 1 aliphatic heterocycles. The Labute approximate surface area is 235 Å². The number of unbranched alkanes of at least 4 members (excludes halogenated alkanes) is 4. The maximum absolute atomic E-state index is 13.2. The van der Waals surface area contributed by atoms with Gasteiger partial charge in [0.05, 0.1) is 0 Å². The monoisotopic (exact) mass is 526 g/mol. The summed E-state index contributed by atoms with van der Waals surface area (Å²) in [5.41, 5.74) is 5.45. The number of carbonyl (C=O) groups is 2. The lowest BCUT2D eigenvalue weighted by Gasteiger charge is -2.27. The number of hydrogen-bond acceptors (Lipinski definition) is 2. The molecule has 0 saturated heterocycles. The summed E-state index contributed by atoms with van der Waals surface area (Å²) in [5, 5.41) is 4.05. The van der Waals surface area contributed by atoms with Crippen molar-refractivity contribution in [3.63, 3.8) is 0 Å². The summed E-state index contributed by atoms with van der Waals surface area (Å²) >= 11 is 0. The molecule has 1 aliphatic rings. The molecule has 0 unspecified atom stereocenters. The summed E-state index contributed by atoms with van der Waals surface area (Å²) in [6.07, 6.45) is 6.65. The van der Waals surface area contributed by atoms with Crippen molar-refractivity contribution in [3.05, 3.63) is 95.1 Å². The zero-order valence-corrected chi connectivity index (χ0v) is 23.3. The van der Waals surface area contributed by atoms with Crippen LogP contribution >= 0.6 is 0 Å². The Bertz CT molecular complexity index is 1810. The van der Waals surface area contributed by atoms with Gasteiger partial charge >= 0.3 is 0 Å². The van der Waals surface area contributed by atoms with E-state index in [1.54, 1.807) is 0 Å². The topological polar surface area (TPSA) is 42.3 Å². The molecule has 6 rings (SSSR count). The lowest BCUT2D eigenvalue weighted by atomic mass is 9.91. The fourth-order valence-corrected chi connectivity index (χ4v) is 5.98. The molecule has 0 saturated carbocycles. The third kappa shape index (κ3) is 4.46. The van der Waals surface area contributed by atoms with Gasteiger partial charge in [0.1, 0.15) is 0 Å². The van der Waals surface area contributed by atoms with E-state index in [2.05, 4.69) is 72.7 Å². The first kappa shape index (κ1) is 25.9. The van der Waals surface area contributed by atoms with E-state index in [9.17, 15) is 9.59 Å². The van der Waals surface area contributed by atoms with Gasteiger partial charge in [0, 0.05) is 62.5 Å². The van der Waals surface area contributed by atoms with Crippen molar-refractivity contribution in [1.29, 1.82) is 0 Å². The quantitative estimate of drug-likeness (QED) is 0.116. The Balaban J connectivity index is 1.38. The molecule has 4 heteroatoms. The van der Waals surface area contributed by atoms with E-state index in [0.29, 0.717) is 17.7 Å². The number of hydrogen-bond donors (Lipinski definition) is 0. The first-order valence-corrected chi connectivity index (χ1v) is 14.6. The van der Waals surface area contributed by atoms with Crippen LogP contribution in [0.5, 0.6) is 0 Å². The van der Waals surface area contributed by atoms with Crippen LogP contribution in [-0.2, 0) is 6.54 Å². The molecule has 0 radical (unpaired) electrons. The maximum Gasteiger partial charge on any atom is 0.261 e. The molecule has 0 spiro atoms. The number of aryl methyl sites for hydroxylation is 1. The smallest absolute Gasteiger partial charge is 0.261 e. The maximum atomic E-state index is 13.2. The molecule has 0 bridgehead atoms. The number of fused-ring (bicyclic) bond motifs is 3. The second-order valence-corrected chi connectivity index (χ2v) is 10.7. The third-order valence-corrected chi connectivity index (χ3v) is 8.08. The fraction of sp³-hybridized carbons (Fsp3) is 0.278. The molecular weight excluding hydrogens is 492 g/mol. The van der Waals surface area contributed by atoms with Crippen molar-refractivity contribution < 1.29 is 9.59 Å². The molecule has 2 amide bonds. The van der Waals surface area contributed by atoms with Crippen molar-refractivity contribution in [2.24, 2.45) is 0 Å². The van der Waals surface area contributed by atoms with E-state index in [1.165, 1.54) is 52.4 Å². The van der Waals surface area contributed by atoms with Gasteiger partial charge in [0.2, 0.25) is 0 Å². The van der Waals surface area contributed by atoms with E-state index >= 15 is 0 Å². The van der Waals surface area contributed by atoms with Gasteiger partial charge in [-0.15, -0.1) is 0 Å². The van der Waals surface area contributed by atoms with Crippen LogP contribution in [0.25, 0.3) is 32.6 Å². The highest BCUT2D eigenvalue weighted by molar-refractivity contribution is 6.26. The molecule has 40 heavy (non-hydrogen) atoms. The average Bonchev–Trinajstić information content (AvgIpc) is 3.30. The number of nitrogens with zero attached hydrogens (tertiary/aromatic N) is 2. The molecule has 0 fully saturated rings. The molecule has 4 aromatic carbocycles. The summed E-state index contributed by atoms with van der Waals surface area (Å²) < 4.78 is 2.45. The highest BCUT2D eigenvalue weighted by Crippen LogP contribution is 2.33. The van der Waals surface area contributed by atoms with Crippen molar-refractivity contribution in [3.8, 4) is 11.8 Å². The summed E-state index contributed by atoms with van der Waals surface area (Å²) in [6.45, 7) is 5.77. The van der Waals surface area contributed by atoms with Crippen LogP contribution in [0.4, 0.5) is 0 Å². The molecule has 0 atom stereocenters. The van der Waals surface area contributed by atoms with Crippen LogP contribution in [0.3, 0.4) is 0 Å². The van der Waals surface area contributed by atoms with Gasteiger partial charge in [-0.1, -0.05) is 81.7 Å². The van der Waals surface area contributed by atoms with Gasteiger partial charge in [0.15, 0.2) is 0 Å².